The van der Waals surface area contributed by atoms with Crippen molar-refractivity contribution in [3.8, 4) is 5.75 Å². The zero-order valence-electron chi connectivity index (χ0n) is 10.9. The fraction of sp³-hybridized carbons (Fsp3) is 0.154. The van der Waals surface area contributed by atoms with Crippen molar-refractivity contribution >= 4 is 16.7 Å². The first-order valence-corrected chi connectivity index (χ1v) is 6.12. The van der Waals surface area contributed by atoms with Crippen LogP contribution in [0.15, 0.2) is 36.4 Å². The Hall–Kier alpha value is -2.83. The normalized spacial score (nSPS) is 10.7. The number of ether oxygens (including phenoxy) is 1. The molecule has 3 rings (SSSR count). The molecule has 0 atom stereocenters. The Morgan fingerprint density at radius 3 is 2.85 bits per heavy atom. The zero-order chi connectivity index (χ0) is 13.9. The lowest BCUT2D eigenvalue weighted by molar-refractivity contribution is 0.410. The number of hydrogen-bond donors (Lipinski definition) is 2. The highest BCUT2D eigenvalue weighted by molar-refractivity contribution is 5.87. The lowest BCUT2D eigenvalue weighted by atomic mass is 10.0. The SMILES string of the molecule is COc1ccc2ccccc2c1CNn1nnnc1N. The molecular weight excluding hydrogens is 256 g/mol. The first kappa shape index (κ1) is 12.2. The summed E-state index contributed by atoms with van der Waals surface area (Å²) in [4.78, 5) is 1.33. The Kier molecular flexibility index (Phi) is 3.08. The van der Waals surface area contributed by atoms with Gasteiger partial charge in [0.2, 0.25) is 0 Å². The molecule has 0 bridgehead atoms. The summed E-state index contributed by atoms with van der Waals surface area (Å²) in [7, 11) is 1.65. The number of nitrogens with one attached hydrogen (secondary N) is 1. The summed E-state index contributed by atoms with van der Waals surface area (Å²) >= 11 is 0. The number of hydrogen-bond acceptors (Lipinski definition) is 6. The molecule has 20 heavy (non-hydrogen) atoms. The maximum atomic E-state index is 5.62. The van der Waals surface area contributed by atoms with E-state index in [9.17, 15) is 0 Å². The Balaban J connectivity index is 1.98. The highest BCUT2D eigenvalue weighted by Crippen LogP contribution is 2.27. The molecule has 0 amide bonds. The quantitative estimate of drug-likeness (QED) is 0.739. The monoisotopic (exact) mass is 270 g/mol. The topological polar surface area (TPSA) is 90.9 Å². The molecule has 7 nitrogen and oxygen atoms in total. The Morgan fingerprint density at radius 1 is 1.25 bits per heavy atom. The molecule has 0 saturated carbocycles. The summed E-state index contributed by atoms with van der Waals surface area (Å²) in [5, 5.41) is 13.1. The molecule has 3 aromatic rings. The molecule has 2 aromatic carbocycles. The maximum Gasteiger partial charge on any atom is 0.260 e. The number of aromatic nitrogens is 4. The summed E-state index contributed by atoms with van der Waals surface area (Å²) in [6.45, 7) is 0.500. The van der Waals surface area contributed by atoms with Crippen molar-refractivity contribution < 1.29 is 4.74 Å². The minimum atomic E-state index is 0.212. The number of methoxy groups -OCH3 is 1. The van der Waals surface area contributed by atoms with Gasteiger partial charge in [-0.3, -0.25) is 0 Å². The van der Waals surface area contributed by atoms with Gasteiger partial charge < -0.3 is 15.9 Å². The molecule has 1 aromatic heterocycles. The minimum Gasteiger partial charge on any atom is -0.496 e. The second-order valence-corrected chi connectivity index (χ2v) is 4.25. The van der Waals surface area contributed by atoms with Crippen LogP contribution in [0.3, 0.4) is 0 Å². The minimum absolute atomic E-state index is 0.212. The fourth-order valence-corrected chi connectivity index (χ4v) is 2.15. The number of nitrogens with two attached hydrogens (primary N) is 1. The summed E-state index contributed by atoms with van der Waals surface area (Å²) in [5.41, 5.74) is 9.70. The van der Waals surface area contributed by atoms with Crippen LogP contribution in [0.4, 0.5) is 5.95 Å². The van der Waals surface area contributed by atoms with Gasteiger partial charge in [0.15, 0.2) is 0 Å². The largest absolute Gasteiger partial charge is 0.496 e. The smallest absolute Gasteiger partial charge is 0.260 e. The molecule has 7 heteroatoms. The lowest BCUT2D eigenvalue weighted by Gasteiger charge is -2.13. The molecule has 0 radical (unpaired) electrons. The highest BCUT2D eigenvalue weighted by atomic mass is 16.5. The number of fused-ring (bicyclic) bond motifs is 1. The second kappa shape index (κ2) is 5.04. The third-order valence-electron chi connectivity index (χ3n) is 3.12. The van der Waals surface area contributed by atoms with Gasteiger partial charge >= 0.3 is 0 Å². The molecule has 0 aliphatic carbocycles. The van der Waals surface area contributed by atoms with Gasteiger partial charge in [0.05, 0.1) is 13.7 Å². The molecule has 0 unspecified atom stereocenters. The van der Waals surface area contributed by atoms with Crippen LogP contribution >= 0.6 is 0 Å². The number of rotatable bonds is 4. The van der Waals surface area contributed by atoms with Crippen LogP contribution in [-0.4, -0.2) is 27.4 Å². The van der Waals surface area contributed by atoms with Gasteiger partial charge in [-0.05, 0) is 27.3 Å². The van der Waals surface area contributed by atoms with Crippen molar-refractivity contribution in [3.05, 3.63) is 42.0 Å². The van der Waals surface area contributed by atoms with E-state index in [4.69, 9.17) is 10.5 Å². The summed E-state index contributed by atoms with van der Waals surface area (Å²) in [6, 6.07) is 12.1. The van der Waals surface area contributed by atoms with Gasteiger partial charge in [0.25, 0.3) is 5.95 Å². The van der Waals surface area contributed by atoms with E-state index < -0.39 is 0 Å². The molecule has 1 heterocycles. The number of nitrogen functional groups attached to an aromatic ring is 1. The zero-order valence-corrected chi connectivity index (χ0v) is 10.9. The van der Waals surface area contributed by atoms with Crippen LogP contribution in [-0.2, 0) is 6.54 Å². The van der Waals surface area contributed by atoms with E-state index in [1.165, 1.54) is 4.79 Å². The van der Waals surface area contributed by atoms with Crippen molar-refractivity contribution in [1.29, 1.82) is 0 Å². The predicted molar refractivity (Wildman–Crippen MR) is 75.8 cm³/mol. The van der Waals surface area contributed by atoms with Crippen molar-refractivity contribution in [3.63, 3.8) is 0 Å². The first-order valence-electron chi connectivity index (χ1n) is 6.12. The molecule has 3 N–H and O–H groups in total. The van der Waals surface area contributed by atoms with Crippen LogP contribution in [0.2, 0.25) is 0 Å². The Morgan fingerprint density at radius 2 is 2.10 bits per heavy atom. The van der Waals surface area contributed by atoms with Crippen molar-refractivity contribution in [2.75, 3.05) is 18.3 Å². The van der Waals surface area contributed by atoms with Gasteiger partial charge in [-0.25, -0.2) is 0 Å². The molecular formula is C13H14N6O. The maximum absolute atomic E-state index is 5.62. The van der Waals surface area contributed by atoms with E-state index in [1.807, 2.05) is 24.3 Å². The average Bonchev–Trinajstić information content (AvgIpc) is 2.90. The summed E-state index contributed by atoms with van der Waals surface area (Å²) in [6.07, 6.45) is 0. The van der Waals surface area contributed by atoms with Gasteiger partial charge in [-0.1, -0.05) is 35.4 Å². The number of benzene rings is 2. The third-order valence-corrected chi connectivity index (χ3v) is 3.12. The standard InChI is InChI=1S/C13H14N6O/c1-20-12-7-6-9-4-2-3-5-10(9)11(12)8-15-19-13(14)16-17-18-19/h2-7,15H,8H2,1H3,(H2,14,16,18). The summed E-state index contributed by atoms with van der Waals surface area (Å²) < 4.78 is 5.42. The summed E-state index contributed by atoms with van der Waals surface area (Å²) in [5.74, 6) is 1.02. The Labute approximate surface area is 115 Å². The van der Waals surface area contributed by atoms with E-state index in [0.717, 1.165) is 22.1 Å². The fourth-order valence-electron chi connectivity index (χ4n) is 2.15. The van der Waals surface area contributed by atoms with Crippen molar-refractivity contribution in [2.45, 2.75) is 6.54 Å². The van der Waals surface area contributed by atoms with Crippen LogP contribution in [0.1, 0.15) is 5.56 Å². The van der Waals surface area contributed by atoms with Crippen LogP contribution in [0.5, 0.6) is 5.75 Å². The molecule has 0 fully saturated rings. The van der Waals surface area contributed by atoms with Crippen LogP contribution in [0, 0.1) is 0 Å². The van der Waals surface area contributed by atoms with E-state index >= 15 is 0 Å². The van der Waals surface area contributed by atoms with Gasteiger partial charge in [0.1, 0.15) is 5.75 Å². The molecule has 0 spiro atoms. The second-order valence-electron chi connectivity index (χ2n) is 4.25. The molecule has 0 saturated heterocycles. The van der Waals surface area contributed by atoms with Crippen molar-refractivity contribution in [1.82, 2.24) is 20.3 Å². The first-order chi connectivity index (χ1) is 9.79. The van der Waals surface area contributed by atoms with Gasteiger partial charge in [0, 0.05) is 5.56 Å². The predicted octanol–water partition coefficient (Wildman–Crippen LogP) is 1.16. The third kappa shape index (κ3) is 2.09. The van der Waals surface area contributed by atoms with Crippen molar-refractivity contribution in [2.24, 2.45) is 0 Å². The van der Waals surface area contributed by atoms with Gasteiger partial charge in [-0.15, -0.1) is 4.79 Å². The molecule has 102 valence electrons. The average molecular weight is 270 g/mol. The van der Waals surface area contributed by atoms with E-state index in [-0.39, 0.29) is 5.95 Å². The molecule has 0 aliphatic heterocycles. The number of tetrazole rings is 1. The van der Waals surface area contributed by atoms with E-state index in [1.54, 1.807) is 7.11 Å². The van der Waals surface area contributed by atoms with Crippen LogP contribution < -0.4 is 15.9 Å². The van der Waals surface area contributed by atoms with Crippen LogP contribution in [0.25, 0.3) is 10.8 Å². The Bertz CT molecular complexity index is 739. The number of nitrogens with zero attached hydrogens (tertiary/aromatic N) is 4. The molecule has 0 aliphatic rings. The highest BCUT2D eigenvalue weighted by Gasteiger charge is 2.09. The lowest BCUT2D eigenvalue weighted by Crippen LogP contribution is -2.18. The van der Waals surface area contributed by atoms with Gasteiger partial charge in [-0.2, -0.15) is 0 Å². The number of anilines is 1. The van der Waals surface area contributed by atoms with E-state index in [0.29, 0.717) is 6.54 Å². The van der Waals surface area contributed by atoms with E-state index in [2.05, 4.69) is 33.1 Å².